The van der Waals surface area contributed by atoms with Gasteiger partial charge in [-0.15, -0.1) is 0 Å². The Morgan fingerprint density at radius 2 is 0.634 bits per heavy atom. The van der Waals surface area contributed by atoms with Gasteiger partial charge in [0.05, 0.1) is 66.1 Å². The number of amides is 4. The van der Waals surface area contributed by atoms with E-state index in [4.69, 9.17) is 48.1 Å². The Morgan fingerprint density at radius 1 is 0.312 bits per heavy atom. The number of carbonyl (C=O) groups is 10. The Bertz CT molecular complexity index is 1940. The summed E-state index contributed by atoms with van der Waals surface area (Å²) in [6.45, 7) is 8.21. The Hall–Kier alpha value is -4.82. The van der Waals surface area contributed by atoms with Gasteiger partial charge in [-0.05, 0) is 71.1 Å². The van der Waals surface area contributed by atoms with Crippen molar-refractivity contribution in [3.8, 4) is 0 Å². The minimum atomic E-state index is -0.722. The molecular formula is C69H128N4O20. The number of nitrogens with one attached hydrogen (secondary N) is 4. The van der Waals surface area contributed by atoms with Crippen molar-refractivity contribution in [1.82, 2.24) is 21.3 Å². The lowest BCUT2D eigenvalue weighted by Gasteiger charge is -2.16. The van der Waals surface area contributed by atoms with Gasteiger partial charge >= 0.3 is 11.9 Å². The molecule has 0 spiro atoms. The van der Waals surface area contributed by atoms with Gasteiger partial charge in [0.1, 0.15) is 43.8 Å². The van der Waals surface area contributed by atoms with Crippen molar-refractivity contribution in [1.29, 1.82) is 0 Å². The van der Waals surface area contributed by atoms with Crippen molar-refractivity contribution in [2.24, 2.45) is 11.8 Å². The average Bonchev–Trinajstić information content (AvgIpc) is 2.50. The van der Waals surface area contributed by atoms with E-state index in [0.29, 0.717) is 123 Å². The zero-order chi connectivity index (χ0) is 68.3. The van der Waals surface area contributed by atoms with E-state index >= 15 is 0 Å². The van der Waals surface area contributed by atoms with E-state index < -0.39 is 11.9 Å². The van der Waals surface area contributed by atoms with Crippen LogP contribution >= 0.6 is 0 Å². The normalized spacial score (nSPS) is 11.9. The third-order valence-corrected chi connectivity index (χ3v) is 15.5. The molecule has 2 atom stereocenters. The fraction of sp³-hybridized carbons (Fsp3) is 0.855. The molecule has 0 radical (unpaired) electrons. The molecule has 93 heavy (non-hydrogen) atoms. The van der Waals surface area contributed by atoms with E-state index in [-0.39, 0.29) is 160 Å². The highest BCUT2D eigenvalue weighted by atomic mass is 16.5. The first-order valence-electron chi connectivity index (χ1n) is 35.3. The molecule has 544 valence electrons. The summed E-state index contributed by atoms with van der Waals surface area (Å²) in [7, 11) is 0. The summed E-state index contributed by atoms with van der Waals surface area (Å²) in [4.78, 5) is 119. The number of carboxylic acids is 2. The lowest BCUT2D eigenvalue weighted by molar-refractivity contribution is -0.138. The van der Waals surface area contributed by atoms with Crippen molar-refractivity contribution in [3.63, 3.8) is 0 Å². The maximum atomic E-state index is 13.0. The number of unbranched alkanes of at least 4 members (excludes halogenated alkanes) is 20. The number of hydrogen-bond donors (Lipinski definition) is 6. The van der Waals surface area contributed by atoms with Gasteiger partial charge in [0.15, 0.2) is 5.78 Å². The molecule has 0 aromatic heterocycles. The molecule has 0 aliphatic heterocycles. The predicted octanol–water partition coefficient (Wildman–Crippen LogP) is 9.45. The number of ether oxygens (including phenoxy) is 8. The van der Waals surface area contributed by atoms with Crippen molar-refractivity contribution < 1.29 is 98.9 Å². The van der Waals surface area contributed by atoms with E-state index in [2.05, 4.69) is 21.3 Å². The maximum absolute atomic E-state index is 13.0. The maximum Gasteiger partial charge on any atom is 0.303 e. The molecule has 0 saturated heterocycles. The molecule has 0 unspecified atom stereocenters. The largest absolute Gasteiger partial charge is 0.481 e. The van der Waals surface area contributed by atoms with Gasteiger partial charge in [0.25, 0.3) is 0 Å². The van der Waals surface area contributed by atoms with Gasteiger partial charge in [0.2, 0.25) is 23.6 Å². The highest BCUT2D eigenvalue weighted by Crippen LogP contribution is 2.20. The highest BCUT2D eigenvalue weighted by Gasteiger charge is 2.22. The van der Waals surface area contributed by atoms with Gasteiger partial charge in [-0.1, -0.05) is 122 Å². The first-order chi connectivity index (χ1) is 45.1. The fourth-order valence-corrected chi connectivity index (χ4v) is 9.86. The lowest BCUT2D eigenvalue weighted by Crippen LogP contribution is -2.31. The molecule has 0 rings (SSSR count). The summed E-state index contributed by atoms with van der Waals surface area (Å²) in [6.07, 6.45) is 28.9. The highest BCUT2D eigenvalue weighted by molar-refractivity contribution is 5.87. The number of rotatable bonds is 74. The van der Waals surface area contributed by atoms with Crippen LogP contribution in [0.3, 0.4) is 0 Å². The Kier molecular flexibility index (Phi) is 63.7. The second-order valence-corrected chi connectivity index (χ2v) is 24.1. The zero-order valence-electron chi connectivity index (χ0n) is 57.3. The number of hydrogen-bond acceptors (Lipinski definition) is 18. The third kappa shape index (κ3) is 67.0. The minimum Gasteiger partial charge on any atom is -0.481 e. The predicted molar refractivity (Wildman–Crippen MR) is 358 cm³/mol. The van der Waals surface area contributed by atoms with E-state index in [1.165, 1.54) is 39.0 Å². The molecular weight excluding hydrogens is 1200 g/mol. The van der Waals surface area contributed by atoms with Gasteiger partial charge in [-0.2, -0.15) is 0 Å². The molecule has 0 aromatic carbocycles. The van der Waals surface area contributed by atoms with Gasteiger partial charge in [-0.25, -0.2) is 0 Å². The number of carboxylic acid groups (broad SMARTS) is 2. The average molecular weight is 1330 g/mol. The third-order valence-electron chi connectivity index (χ3n) is 15.5. The molecule has 24 nitrogen and oxygen atoms in total. The molecule has 0 bridgehead atoms. The van der Waals surface area contributed by atoms with Crippen LogP contribution in [0.5, 0.6) is 0 Å². The molecule has 0 aromatic rings. The van der Waals surface area contributed by atoms with Gasteiger partial charge < -0.3 is 69.4 Å². The molecule has 0 aliphatic rings. The molecule has 0 heterocycles. The van der Waals surface area contributed by atoms with Crippen LogP contribution in [0.1, 0.15) is 241 Å². The van der Waals surface area contributed by atoms with Crippen molar-refractivity contribution in [2.45, 2.75) is 239 Å². The van der Waals surface area contributed by atoms with Crippen molar-refractivity contribution in [2.75, 3.05) is 132 Å². The van der Waals surface area contributed by atoms with Crippen LogP contribution in [-0.2, 0) is 85.8 Å². The lowest BCUT2D eigenvalue weighted by atomic mass is 9.87. The SMILES string of the molecule is CC(=O)[C@H](CCCCNC(=O)COCCOCCNC(=O)COCCOCCCC(=O)CCCCCCCCCCCCC(=O)O)CC(=O)[C@@H](C)CCCCNC(=O)COCCOCCCC(=O)COCCOCCNC(=O)CCCCCCCCCCCCC(=O)O.[HH].[HH]. The minimum absolute atomic E-state index is 0. The molecule has 0 saturated carbocycles. The summed E-state index contributed by atoms with van der Waals surface area (Å²) in [6, 6.07) is 0. The Balaban J connectivity index is -0.0000423. The number of aliphatic carboxylic acids is 2. The fourth-order valence-electron chi connectivity index (χ4n) is 9.86. The first kappa shape index (κ1) is 88.2. The van der Waals surface area contributed by atoms with Crippen molar-refractivity contribution >= 4 is 58.7 Å². The number of ketones is 4. The number of Topliss-reactive ketones (excluding diaryl/α,β-unsaturated/α-hetero) is 4. The van der Waals surface area contributed by atoms with Gasteiger partial charge in [0, 0.05) is 99.0 Å². The van der Waals surface area contributed by atoms with Gasteiger partial charge in [-0.3, -0.25) is 47.9 Å². The van der Waals surface area contributed by atoms with Crippen LogP contribution in [0.2, 0.25) is 0 Å². The standard InChI is InChI=1S/C69H124N4O20.2H2/c1-58(29-23-25-37-70-65(79)55-91-50-46-87-42-28-33-62(76)54-90-49-47-88-43-39-72-64(78)34-20-16-12-8-4-6-10-14-18-22-36-69(84)85)63(77)53-60(59(2)74)30-24-26-38-71-66(80)56-93-52-48-89-44-40-73-67(81)57-92-51-45-86-41-27-32-61(75)31-19-15-11-7-3-5-9-13-17-21-35-68(82)83;;/h58,60H,3-57H2,1-2H3,(H,70,79)(H,71,80)(H,72,78)(H,73,81)(H,82,83)(H,84,85);2*1H/t58-,60+;;/m0../s1. The molecule has 0 fully saturated rings. The summed E-state index contributed by atoms with van der Waals surface area (Å²) in [5, 5.41) is 28.5. The molecule has 6 N–H and O–H groups in total. The quantitative estimate of drug-likeness (QED) is 0.0309. The second kappa shape index (κ2) is 67.2. The van der Waals surface area contributed by atoms with Crippen molar-refractivity contribution in [3.05, 3.63) is 0 Å². The summed E-state index contributed by atoms with van der Waals surface area (Å²) in [5.74, 6) is -2.60. The first-order valence-corrected chi connectivity index (χ1v) is 35.3. The van der Waals surface area contributed by atoms with Crippen LogP contribution < -0.4 is 21.3 Å². The Labute approximate surface area is 559 Å². The van der Waals surface area contributed by atoms with E-state index in [1.807, 2.05) is 6.92 Å². The van der Waals surface area contributed by atoms with E-state index in [0.717, 1.165) is 103 Å². The van der Waals surface area contributed by atoms with Crippen LogP contribution in [0, 0.1) is 11.8 Å². The summed E-state index contributed by atoms with van der Waals surface area (Å²) < 4.78 is 43.5. The van der Waals surface area contributed by atoms with Crippen LogP contribution in [0.25, 0.3) is 0 Å². The van der Waals surface area contributed by atoms with E-state index in [1.54, 1.807) is 0 Å². The van der Waals surface area contributed by atoms with Crippen LogP contribution in [0.4, 0.5) is 0 Å². The molecule has 0 aliphatic carbocycles. The zero-order valence-corrected chi connectivity index (χ0v) is 57.3. The second-order valence-electron chi connectivity index (χ2n) is 24.1. The molecule has 4 amide bonds. The topological polar surface area (TPSA) is 333 Å². The summed E-state index contributed by atoms with van der Waals surface area (Å²) >= 11 is 0. The smallest absolute Gasteiger partial charge is 0.303 e. The molecule has 24 heteroatoms. The Morgan fingerprint density at radius 3 is 1.05 bits per heavy atom. The monoisotopic (exact) mass is 1330 g/mol. The van der Waals surface area contributed by atoms with E-state index in [9.17, 15) is 47.9 Å². The van der Waals surface area contributed by atoms with Crippen LogP contribution in [0.15, 0.2) is 0 Å². The number of carbonyl (C=O) groups excluding carboxylic acids is 8. The van der Waals surface area contributed by atoms with Crippen LogP contribution in [-0.4, -0.2) is 201 Å². The summed E-state index contributed by atoms with van der Waals surface area (Å²) in [5.41, 5.74) is 0.